The molecule has 1 aromatic rings. The van der Waals surface area contributed by atoms with E-state index in [9.17, 15) is 18.4 Å². The van der Waals surface area contributed by atoms with Crippen LogP contribution in [0.1, 0.15) is 50.5 Å². The van der Waals surface area contributed by atoms with E-state index in [1.807, 2.05) is 0 Å². The van der Waals surface area contributed by atoms with E-state index in [1.54, 1.807) is 6.92 Å². The highest BCUT2D eigenvalue weighted by Crippen LogP contribution is 2.48. The van der Waals surface area contributed by atoms with Gasteiger partial charge in [-0.2, -0.15) is 0 Å². The van der Waals surface area contributed by atoms with Gasteiger partial charge in [0.05, 0.1) is 12.5 Å². The van der Waals surface area contributed by atoms with E-state index in [1.165, 1.54) is 12.1 Å². The average Bonchev–Trinajstić information content (AvgIpc) is 3.38. The van der Waals surface area contributed by atoms with Gasteiger partial charge in [-0.3, -0.25) is 9.59 Å². The Morgan fingerprint density at radius 3 is 2.72 bits per heavy atom. The molecule has 25 heavy (non-hydrogen) atoms. The standard InChI is InChI=1S/C19H23F2NO3/c1-2-25-19(24)12-6-3-4-9-16(12)22-18(23)14-10-13(14)11-7-5-8-15(20)17(11)21/h5,7-8,12-14,16H,2-4,6,9-10H2,1H3,(H,22,23)/t12-,13+,14-,16+/m0/s1. The largest absolute Gasteiger partial charge is 0.466 e. The van der Waals surface area contributed by atoms with Gasteiger partial charge < -0.3 is 10.1 Å². The fraction of sp³-hybridized carbons (Fsp3) is 0.579. The number of esters is 1. The number of hydrogen-bond donors (Lipinski definition) is 1. The quantitative estimate of drug-likeness (QED) is 0.828. The Morgan fingerprint density at radius 2 is 1.96 bits per heavy atom. The minimum atomic E-state index is -0.891. The molecular weight excluding hydrogens is 328 g/mol. The van der Waals surface area contributed by atoms with Crippen molar-refractivity contribution in [1.29, 1.82) is 0 Å². The second-order valence-electron chi connectivity index (χ2n) is 6.85. The Hall–Kier alpha value is -1.98. The highest BCUT2D eigenvalue weighted by atomic mass is 19.2. The van der Waals surface area contributed by atoms with Gasteiger partial charge in [-0.25, -0.2) is 8.78 Å². The zero-order valence-corrected chi connectivity index (χ0v) is 14.3. The number of ether oxygens (including phenoxy) is 1. The molecule has 1 amide bonds. The first-order valence-corrected chi connectivity index (χ1v) is 8.93. The van der Waals surface area contributed by atoms with Crippen molar-refractivity contribution in [3.8, 4) is 0 Å². The maximum absolute atomic E-state index is 13.9. The lowest BCUT2D eigenvalue weighted by atomic mass is 9.84. The number of amides is 1. The van der Waals surface area contributed by atoms with E-state index in [-0.39, 0.29) is 41.2 Å². The van der Waals surface area contributed by atoms with Crippen molar-refractivity contribution in [3.63, 3.8) is 0 Å². The molecular formula is C19H23F2NO3. The number of benzene rings is 1. The van der Waals surface area contributed by atoms with Crippen molar-refractivity contribution in [3.05, 3.63) is 35.4 Å². The van der Waals surface area contributed by atoms with Gasteiger partial charge in [0.1, 0.15) is 0 Å². The molecule has 2 fully saturated rings. The average molecular weight is 351 g/mol. The second kappa shape index (κ2) is 7.50. The summed E-state index contributed by atoms with van der Waals surface area (Å²) in [7, 11) is 0. The van der Waals surface area contributed by atoms with Crippen molar-refractivity contribution >= 4 is 11.9 Å². The Morgan fingerprint density at radius 1 is 1.20 bits per heavy atom. The first-order valence-electron chi connectivity index (χ1n) is 8.93. The lowest BCUT2D eigenvalue weighted by Gasteiger charge is -2.30. The van der Waals surface area contributed by atoms with Gasteiger partial charge in [0.2, 0.25) is 5.91 Å². The monoisotopic (exact) mass is 351 g/mol. The van der Waals surface area contributed by atoms with Crippen molar-refractivity contribution in [2.75, 3.05) is 6.61 Å². The van der Waals surface area contributed by atoms with Gasteiger partial charge in [0, 0.05) is 12.0 Å². The van der Waals surface area contributed by atoms with Gasteiger partial charge in [-0.1, -0.05) is 25.0 Å². The van der Waals surface area contributed by atoms with Gasteiger partial charge in [0.25, 0.3) is 0 Å². The van der Waals surface area contributed by atoms with Crippen LogP contribution in [0.3, 0.4) is 0 Å². The molecule has 2 saturated carbocycles. The van der Waals surface area contributed by atoms with Gasteiger partial charge in [-0.05, 0) is 43.7 Å². The summed E-state index contributed by atoms with van der Waals surface area (Å²) in [6.07, 6.45) is 3.84. The van der Waals surface area contributed by atoms with Crippen LogP contribution in [-0.2, 0) is 14.3 Å². The Kier molecular flexibility index (Phi) is 5.35. The molecule has 0 saturated heterocycles. The highest BCUT2D eigenvalue weighted by molar-refractivity contribution is 5.84. The van der Waals surface area contributed by atoms with E-state index in [0.717, 1.165) is 25.3 Å². The third-order valence-corrected chi connectivity index (χ3v) is 5.19. The summed E-state index contributed by atoms with van der Waals surface area (Å²) in [5.74, 6) is -3.18. The van der Waals surface area contributed by atoms with Crippen molar-refractivity contribution in [1.82, 2.24) is 5.32 Å². The van der Waals surface area contributed by atoms with E-state index in [2.05, 4.69) is 5.32 Å². The fourth-order valence-corrected chi connectivity index (χ4v) is 3.76. The zero-order valence-electron chi connectivity index (χ0n) is 14.3. The molecule has 3 rings (SSSR count). The SMILES string of the molecule is CCOC(=O)[C@H]1CCCC[C@H]1NC(=O)[C@H]1C[C@@H]1c1cccc(F)c1F. The summed E-state index contributed by atoms with van der Waals surface area (Å²) < 4.78 is 32.3. The van der Waals surface area contributed by atoms with E-state index < -0.39 is 11.6 Å². The maximum Gasteiger partial charge on any atom is 0.311 e. The number of nitrogens with one attached hydrogen (secondary N) is 1. The molecule has 0 heterocycles. The van der Waals surface area contributed by atoms with E-state index >= 15 is 0 Å². The predicted octanol–water partition coefficient (Wildman–Crippen LogP) is 3.31. The highest BCUT2D eigenvalue weighted by Gasteiger charge is 2.47. The van der Waals surface area contributed by atoms with Crippen LogP contribution in [0, 0.1) is 23.5 Å². The number of halogens is 2. The van der Waals surface area contributed by atoms with Crippen LogP contribution in [0.25, 0.3) is 0 Å². The molecule has 136 valence electrons. The third-order valence-electron chi connectivity index (χ3n) is 5.19. The van der Waals surface area contributed by atoms with Gasteiger partial charge in [-0.15, -0.1) is 0 Å². The zero-order chi connectivity index (χ0) is 18.0. The maximum atomic E-state index is 13.9. The lowest BCUT2D eigenvalue weighted by Crippen LogP contribution is -2.46. The van der Waals surface area contributed by atoms with Crippen molar-refractivity contribution < 1.29 is 23.1 Å². The molecule has 0 aromatic heterocycles. The summed E-state index contributed by atoms with van der Waals surface area (Å²) in [6.45, 7) is 2.08. The number of carbonyl (C=O) groups is 2. The fourth-order valence-electron chi connectivity index (χ4n) is 3.76. The molecule has 4 nitrogen and oxygen atoms in total. The molecule has 0 unspecified atom stereocenters. The Balaban J connectivity index is 1.62. The minimum Gasteiger partial charge on any atom is -0.466 e. The lowest BCUT2D eigenvalue weighted by molar-refractivity contribution is -0.150. The number of hydrogen-bond acceptors (Lipinski definition) is 3. The molecule has 2 aliphatic rings. The molecule has 6 heteroatoms. The van der Waals surface area contributed by atoms with Crippen LogP contribution in [-0.4, -0.2) is 24.5 Å². The smallest absolute Gasteiger partial charge is 0.311 e. The predicted molar refractivity (Wildman–Crippen MR) is 87.7 cm³/mol. The summed E-state index contributed by atoms with van der Waals surface area (Å²) in [6, 6.07) is 3.82. The molecule has 0 radical (unpaired) electrons. The molecule has 0 aliphatic heterocycles. The van der Waals surface area contributed by atoms with E-state index in [4.69, 9.17) is 4.74 Å². The summed E-state index contributed by atoms with van der Waals surface area (Å²) >= 11 is 0. The normalized spacial score (nSPS) is 28.3. The van der Waals surface area contributed by atoms with Crippen molar-refractivity contribution in [2.45, 2.75) is 51.0 Å². The molecule has 1 aromatic carbocycles. The summed E-state index contributed by atoms with van der Waals surface area (Å²) in [5, 5.41) is 2.95. The molecule has 1 N–H and O–H groups in total. The number of rotatable bonds is 5. The van der Waals surface area contributed by atoms with Gasteiger partial charge >= 0.3 is 5.97 Å². The van der Waals surface area contributed by atoms with Crippen LogP contribution in [0.4, 0.5) is 8.78 Å². The first-order chi connectivity index (χ1) is 12.0. The van der Waals surface area contributed by atoms with Gasteiger partial charge in [0.15, 0.2) is 11.6 Å². The topological polar surface area (TPSA) is 55.4 Å². The number of carbonyl (C=O) groups excluding carboxylic acids is 2. The first kappa shape index (κ1) is 17.8. The molecule has 0 spiro atoms. The molecule has 2 aliphatic carbocycles. The molecule has 0 bridgehead atoms. The van der Waals surface area contributed by atoms with Crippen LogP contribution >= 0.6 is 0 Å². The molecule has 4 atom stereocenters. The van der Waals surface area contributed by atoms with Crippen LogP contribution in [0.5, 0.6) is 0 Å². The minimum absolute atomic E-state index is 0.185. The summed E-state index contributed by atoms with van der Waals surface area (Å²) in [4.78, 5) is 24.6. The van der Waals surface area contributed by atoms with Crippen LogP contribution in [0.2, 0.25) is 0 Å². The Labute approximate surface area is 145 Å². The van der Waals surface area contributed by atoms with Crippen LogP contribution < -0.4 is 5.32 Å². The second-order valence-corrected chi connectivity index (χ2v) is 6.85. The van der Waals surface area contributed by atoms with Crippen molar-refractivity contribution in [2.24, 2.45) is 11.8 Å². The van der Waals surface area contributed by atoms with E-state index in [0.29, 0.717) is 19.4 Å². The summed E-state index contributed by atoms with van der Waals surface area (Å²) in [5.41, 5.74) is 0.255. The van der Waals surface area contributed by atoms with Crippen LogP contribution in [0.15, 0.2) is 18.2 Å². The Bertz CT molecular complexity index is 664. The third kappa shape index (κ3) is 3.83.